The van der Waals surface area contributed by atoms with E-state index in [1.165, 1.54) is 11.1 Å². The Bertz CT molecular complexity index is 684. The van der Waals surface area contributed by atoms with Gasteiger partial charge < -0.3 is 24.6 Å². The van der Waals surface area contributed by atoms with Gasteiger partial charge in [-0.15, -0.1) is 0 Å². The van der Waals surface area contributed by atoms with Gasteiger partial charge >= 0.3 is 6.09 Å². The number of aliphatic imine (C=N–C) groups is 1. The topological polar surface area (TPSA) is 66.4 Å². The fourth-order valence-corrected chi connectivity index (χ4v) is 3.08. The number of hydrogen-bond acceptors (Lipinski definition) is 4. The summed E-state index contributed by atoms with van der Waals surface area (Å²) >= 11 is 0. The summed E-state index contributed by atoms with van der Waals surface area (Å²) in [4.78, 5) is 20.2. The number of morpholine rings is 1. The molecular weight excluding hydrogens is 356 g/mol. The van der Waals surface area contributed by atoms with Gasteiger partial charge in [-0.25, -0.2) is 4.79 Å². The lowest BCUT2D eigenvalue weighted by molar-refractivity contribution is -0.00834. The molecule has 0 aromatic heterocycles. The Morgan fingerprint density at radius 3 is 2.75 bits per heavy atom. The van der Waals surface area contributed by atoms with Gasteiger partial charge in [0.05, 0.1) is 13.2 Å². The molecule has 1 unspecified atom stereocenters. The average Bonchev–Trinajstić information content (AvgIpc) is 2.64. The van der Waals surface area contributed by atoms with Gasteiger partial charge in [-0.3, -0.25) is 4.99 Å². The van der Waals surface area contributed by atoms with Crippen LogP contribution in [0.3, 0.4) is 0 Å². The maximum atomic E-state index is 12.1. The van der Waals surface area contributed by atoms with Crippen molar-refractivity contribution in [3.63, 3.8) is 0 Å². The molecule has 1 aliphatic rings. The lowest BCUT2D eigenvalue weighted by Crippen LogP contribution is -2.49. The predicted octanol–water partition coefficient (Wildman–Crippen LogP) is 2.81. The molecule has 156 valence electrons. The lowest BCUT2D eigenvalue weighted by atomic mass is 10.0. The number of nitrogens with zero attached hydrogens (tertiary/aromatic N) is 3. The second kappa shape index (κ2) is 9.78. The number of ether oxygens (including phenoxy) is 2. The second-order valence-corrected chi connectivity index (χ2v) is 8.04. The van der Waals surface area contributed by atoms with E-state index >= 15 is 0 Å². The normalized spacial score (nSPS) is 18.0. The highest BCUT2D eigenvalue weighted by Gasteiger charge is 2.25. The molecule has 1 aliphatic heterocycles. The zero-order chi connectivity index (χ0) is 20.7. The number of carbonyl (C=O) groups is 1. The largest absolute Gasteiger partial charge is 0.444 e. The van der Waals surface area contributed by atoms with Crippen LogP contribution in [0.4, 0.5) is 4.79 Å². The molecule has 1 aromatic carbocycles. The fraction of sp³-hybridized carbons (Fsp3) is 0.619. The first-order chi connectivity index (χ1) is 13.2. The first kappa shape index (κ1) is 22.0. The van der Waals surface area contributed by atoms with Crippen LogP contribution in [0.25, 0.3) is 0 Å². The molecule has 1 heterocycles. The number of aryl methyl sites for hydroxylation is 1. The van der Waals surface area contributed by atoms with Crippen molar-refractivity contribution in [2.24, 2.45) is 4.99 Å². The van der Waals surface area contributed by atoms with Crippen LogP contribution in [-0.2, 0) is 9.47 Å². The van der Waals surface area contributed by atoms with E-state index in [0.717, 1.165) is 19.0 Å². The van der Waals surface area contributed by atoms with E-state index in [0.29, 0.717) is 19.7 Å². The van der Waals surface area contributed by atoms with Gasteiger partial charge in [0.2, 0.25) is 0 Å². The van der Waals surface area contributed by atoms with Crippen LogP contribution in [0.2, 0.25) is 0 Å². The van der Waals surface area contributed by atoms with E-state index < -0.39 is 5.60 Å². The van der Waals surface area contributed by atoms with Crippen molar-refractivity contribution in [3.8, 4) is 0 Å². The highest BCUT2D eigenvalue weighted by atomic mass is 16.6. The lowest BCUT2D eigenvalue weighted by Gasteiger charge is -2.36. The Morgan fingerprint density at radius 1 is 1.39 bits per heavy atom. The van der Waals surface area contributed by atoms with Crippen molar-refractivity contribution in [2.75, 3.05) is 46.9 Å². The second-order valence-electron chi connectivity index (χ2n) is 8.04. The average molecular weight is 391 g/mol. The van der Waals surface area contributed by atoms with Gasteiger partial charge in [0, 0.05) is 33.7 Å². The Labute approximate surface area is 168 Å². The minimum atomic E-state index is -0.493. The van der Waals surface area contributed by atoms with Gasteiger partial charge in [0.25, 0.3) is 0 Å². The Hall–Kier alpha value is -2.28. The smallest absolute Gasteiger partial charge is 0.410 e. The van der Waals surface area contributed by atoms with E-state index in [9.17, 15) is 4.79 Å². The van der Waals surface area contributed by atoms with Gasteiger partial charge in [-0.1, -0.05) is 24.3 Å². The maximum absolute atomic E-state index is 12.1. The summed E-state index contributed by atoms with van der Waals surface area (Å²) < 4.78 is 11.4. The summed E-state index contributed by atoms with van der Waals surface area (Å²) in [7, 11) is 3.51. The molecule has 1 fully saturated rings. The molecule has 0 spiro atoms. The van der Waals surface area contributed by atoms with E-state index in [1.54, 1.807) is 19.0 Å². The van der Waals surface area contributed by atoms with Crippen LogP contribution in [0, 0.1) is 6.92 Å². The molecule has 7 heteroatoms. The van der Waals surface area contributed by atoms with Crippen molar-refractivity contribution in [1.82, 2.24) is 15.1 Å². The van der Waals surface area contributed by atoms with Crippen molar-refractivity contribution in [2.45, 2.75) is 39.4 Å². The number of carbonyl (C=O) groups excluding carboxylic acids is 1. The van der Waals surface area contributed by atoms with Gasteiger partial charge in [0.15, 0.2) is 5.96 Å². The summed E-state index contributed by atoms with van der Waals surface area (Å²) in [5, 5.41) is 3.35. The number of likely N-dealkylation sites (N-methyl/N-ethyl adjacent to an activating group) is 1. The highest BCUT2D eigenvalue weighted by Crippen LogP contribution is 2.24. The molecule has 0 bridgehead atoms. The third-order valence-corrected chi connectivity index (χ3v) is 4.55. The summed E-state index contributed by atoms with van der Waals surface area (Å²) in [5.41, 5.74) is 1.95. The molecule has 0 saturated carbocycles. The van der Waals surface area contributed by atoms with Crippen LogP contribution >= 0.6 is 0 Å². The molecule has 0 aliphatic carbocycles. The zero-order valence-electron chi connectivity index (χ0n) is 18.0. The summed E-state index contributed by atoms with van der Waals surface area (Å²) in [6.45, 7) is 11.0. The number of benzene rings is 1. The van der Waals surface area contributed by atoms with Crippen molar-refractivity contribution < 1.29 is 14.3 Å². The molecule has 2 rings (SSSR count). The SMILES string of the molecule is CN=C(NCCN(C)C(=O)OC(C)(C)C)N1CCOC(c2ccccc2C)C1. The van der Waals surface area contributed by atoms with Crippen LogP contribution in [-0.4, -0.2) is 74.3 Å². The first-order valence-corrected chi connectivity index (χ1v) is 9.78. The Kier molecular flexibility index (Phi) is 7.69. The van der Waals surface area contributed by atoms with Crippen LogP contribution in [0.5, 0.6) is 0 Å². The predicted molar refractivity (Wildman–Crippen MR) is 112 cm³/mol. The number of amides is 1. The molecule has 1 atom stereocenters. The molecule has 1 N–H and O–H groups in total. The monoisotopic (exact) mass is 390 g/mol. The number of rotatable bonds is 4. The van der Waals surface area contributed by atoms with Crippen LogP contribution in [0.15, 0.2) is 29.3 Å². The maximum Gasteiger partial charge on any atom is 0.410 e. The third kappa shape index (κ3) is 6.41. The quantitative estimate of drug-likeness (QED) is 0.633. The number of nitrogens with one attached hydrogen (secondary N) is 1. The number of hydrogen-bond donors (Lipinski definition) is 1. The minimum Gasteiger partial charge on any atom is -0.444 e. The zero-order valence-corrected chi connectivity index (χ0v) is 18.0. The van der Waals surface area contributed by atoms with Gasteiger partial charge in [-0.2, -0.15) is 0 Å². The summed E-state index contributed by atoms with van der Waals surface area (Å²) in [6.07, 6.45) is -0.298. The molecule has 1 aromatic rings. The van der Waals surface area contributed by atoms with Crippen molar-refractivity contribution in [1.29, 1.82) is 0 Å². The molecule has 28 heavy (non-hydrogen) atoms. The molecule has 1 amide bonds. The van der Waals surface area contributed by atoms with E-state index in [2.05, 4.69) is 34.3 Å². The van der Waals surface area contributed by atoms with E-state index in [-0.39, 0.29) is 12.2 Å². The Balaban J connectivity index is 1.87. The fourth-order valence-electron chi connectivity index (χ4n) is 3.08. The standard InChI is InChI=1S/C21H34N4O3/c1-16-9-7-8-10-17(16)18-15-25(13-14-27-18)19(22-5)23-11-12-24(6)20(26)28-21(2,3)4/h7-10,18H,11-15H2,1-6H3,(H,22,23). The molecule has 1 saturated heterocycles. The van der Waals surface area contributed by atoms with Crippen LogP contribution < -0.4 is 5.32 Å². The third-order valence-electron chi connectivity index (χ3n) is 4.55. The molecule has 0 radical (unpaired) electrons. The number of guanidine groups is 1. The Morgan fingerprint density at radius 2 is 2.11 bits per heavy atom. The van der Waals surface area contributed by atoms with Gasteiger partial charge in [-0.05, 0) is 38.8 Å². The van der Waals surface area contributed by atoms with Crippen molar-refractivity contribution in [3.05, 3.63) is 35.4 Å². The highest BCUT2D eigenvalue weighted by molar-refractivity contribution is 5.80. The molecular formula is C21H34N4O3. The molecule has 7 nitrogen and oxygen atoms in total. The minimum absolute atomic E-state index is 0.0259. The summed E-state index contributed by atoms with van der Waals surface area (Å²) in [6, 6.07) is 8.32. The summed E-state index contributed by atoms with van der Waals surface area (Å²) in [5.74, 6) is 0.819. The van der Waals surface area contributed by atoms with Crippen LogP contribution in [0.1, 0.15) is 38.0 Å². The first-order valence-electron chi connectivity index (χ1n) is 9.78. The van der Waals surface area contributed by atoms with E-state index in [1.807, 2.05) is 32.9 Å². The van der Waals surface area contributed by atoms with Crippen molar-refractivity contribution >= 4 is 12.1 Å². The van der Waals surface area contributed by atoms with Gasteiger partial charge in [0.1, 0.15) is 11.7 Å². The van der Waals surface area contributed by atoms with E-state index in [4.69, 9.17) is 9.47 Å².